The molecule has 2 N–H and O–H groups in total. The molecule has 0 unspecified atom stereocenters. The number of carbonyl (C=O) groups excluding carboxylic acids is 1. The van der Waals surface area contributed by atoms with E-state index in [0.29, 0.717) is 0 Å². The van der Waals surface area contributed by atoms with Gasteiger partial charge in [-0.2, -0.15) is 5.26 Å². The number of likely N-dealkylation sites (N-methyl/N-ethyl adjacent to an activating group) is 1. The van der Waals surface area contributed by atoms with E-state index < -0.39 is 33.6 Å². The molecule has 1 amide bonds. The molecule has 0 aliphatic rings. The van der Waals surface area contributed by atoms with E-state index in [9.17, 15) is 30.4 Å². The molecular formula is C21H17N3O6. The number of nitriles is 1. The van der Waals surface area contributed by atoms with Crippen LogP contribution in [0.5, 0.6) is 11.5 Å². The van der Waals surface area contributed by atoms with Gasteiger partial charge >= 0.3 is 5.69 Å². The first-order valence-corrected chi connectivity index (χ1v) is 8.48. The lowest BCUT2D eigenvalue weighted by Crippen LogP contribution is -2.28. The number of methoxy groups -OCH3 is 1. The normalized spacial score (nSPS) is 10.7. The highest BCUT2D eigenvalue weighted by Gasteiger charge is 2.25. The van der Waals surface area contributed by atoms with Crippen LogP contribution in [0.25, 0.3) is 5.76 Å². The Hall–Kier alpha value is -4.50. The number of hydrogen-bond donors (Lipinski definition) is 2. The van der Waals surface area contributed by atoms with E-state index in [1.165, 1.54) is 14.2 Å². The van der Waals surface area contributed by atoms with Crippen molar-refractivity contribution in [3.05, 3.63) is 69.3 Å². The molecule has 0 heterocycles. The summed E-state index contributed by atoms with van der Waals surface area (Å²) in [4.78, 5) is 23.9. The van der Waals surface area contributed by atoms with Crippen molar-refractivity contribution in [2.75, 3.05) is 20.7 Å². The van der Waals surface area contributed by atoms with Gasteiger partial charge in [0, 0.05) is 24.2 Å². The van der Waals surface area contributed by atoms with E-state index in [2.05, 4.69) is 11.8 Å². The highest BCUT2D eigenvalue weighted by atomic mass is 16.6. The molecule has 2 aromatic rings. The van der Waals surface area contributed by atoms with Crippen LogP contribution in [0.15, 0.2) is 48.0 Å². The minimum absolute atomic E-state index is 0.0226. The second kappa shape index (κ2) is 9.62. The predicted octanol–water partition coefficient (Wildman–Crippen LogP) is 2.61. The molecule has 0 fully saturated rings. The van der Waals surface area contributed by atoms with Crippen LogP contribution in [-0.4, -0.2) is 46.6 Å². The van der Waals surface area contributed by atoms with Crippen LogP contribution in [0.3, 0.4) is 0 Å². The zero-order valence-electron chi connectivity index (χ0n) is 16.1. The first-order chi connectivity index (χ1) is 14.3. The molecule has 9 heteroatoms. The number of ether oxygens (including phenoxy) is 1. The summed E-state index contributed by atoms with van der Waals surface area (Å²) in [6.45, 7) is -0.0226. The highest BCUT2D eigenvalue weighted by molar-refractivity contribution is 6.03. The summed E-state index contributed by atoms with van der Waals surface area (Å²) in [7, 11) is 2.56. The number of aliphatic hydroxyl groups excluding tert-OH is 1. The number of phenolic OH excluding ortho intramolecular Hbond substituents is 1. The van der Waals surface area contributed by atoms with Crippen LogP contribution >= 0.6 is 0 Å². The average Bonchev–Trinajstić information content (AvgIpc) is 2.74. The summed E-state index contributed by atoms with van der Waals surface area (Å²) in [5, 5.41) is 40.8. The fourth-order valence-corrected chi connectivity index (χ4v) is 2.42. The molecule has 152 valence electrons. The molecule has 0 aliphatic carbocycles. The smallest absolute Gasteiger partial charge is 0.315 e. The highest BCUT2D eigenvalue weighted by Crippen LogP contribution is 2.38. The van der Waals surface area contributed by atoms with Crippen molar-refractivity contribution in [2.45, 2.75) is 0 Å². The Bertz CT molecular complexity index is 1110. The molecule has 0 aliphatic heterocycles. The zero-order chi connectivity index (χ0) is 22.3. The third kappa shape index (κ3) is 4.86. The SMILES string of the molecule is COc1cc(/C(O)=C(\C#N)C(=O)N(C)CC#Cc2ccccc2)cc([N+](=O)[O-])c1O. The first-order valence-electron chi connectivity index (χ1n) is 8.48. The standard InChI is InChI=1S/C21H17N3O6/c1-23(10-6-9-14-7-4-3-5-8-14)21(27)16(13-22)19(25)15-11-17(24(28)29)20(26)18(12-15)30-2/h3-5,7-8,11-12,25-26H,10H2,1-2H3/b19-16-. The number of nitro groups is 1. The van der Waals surface area contributed by atoms with E-state index >= 15 is 0 Å². The van der Waals surface area contributed by atoms with Gasteiger partial charge in [0.15, 0.2) is 11.3 Å². The van der Waals surface area contributed by atoms with E-state index in [1.54, 1.807) is 18.2 Å². The molecule has 0 bridgehead atoms. The minimum atomic E-state index is -0.881. The first kappa shape index (κ1) is 21.8. The number of nitrogens with zero attached hydrogens (tertiary/aromatic N) is 3. The number of hydrogen-bond acceptors (Lipinski definition) is 7. The van der Waals surface area contributed by atoms with Gasteiger partial charge in [-0.1, -0.05) is 30.0 Å². The summed E-state index contributed by atoms with van der Waals surface area (Å²) in [5.41, 5.74) is -0.866. The number of phenols is 1. The largest absolute Gasteiger partial charge is 0.506 e. The number of rotatable bonds is 5. The predicted molar refractivity (Wildman–Crippen MR) is 107 cm³/mol. The van der Waals surface area contributed by atoms with Crippen molar-refractivity contribution in [1.82, 2.24) is 4.90 Å². The van der Waals surface area contributed by atoms with Gasteiger partial charge in [-0.25, -0.2) is 0 Å². The van der Waals surface area contributed by atoms with Crippen LogP contribution in [0.2, 0.25) is 0 Å². The van der Waals surface area contributed by atoms with Crippen LogP contribution in [0.1, 0.15) is 11.1 Å². The summed E-state index contributed by atoms with van der Waals surface area (Å²) < 4.78 is 4.86. The van der Waals surface area contributed by atoms with Gasteiger partial charge in [-0.05, 0) is 18.2 Å². The maximum absolute atomic E-state index is 12.6. The van der Waals surface area contributed by atoms with Crippen LogP contribution < -0.4 is 4.74 Å². The summed E-state index contributed by atoms with van der Waals surface area (Å²) in [6, 6.07) is 12.6. The number of nitro benzene ring substituents is 1. The van der Waals surface area contributed by atoms with Crippen molar-refractivity contribution >= 4 is 17.4 Å². The summed E-state index contributed by atoms with van der Waals surface area (Å²) in [5.74, 6) is 3.01. The van der Waals surface area contributed by atoms with E-state index in [-0.39, 0.29) is 17.9 Å². The molecule has 30 heavy (non-hydrogen) atoms. The van der Waals surface area contributed by atoms with Gasteiger partial charge in [0.25, 0.3) is 5.91 Å². The van der Waals surface area contributed by atoms with Crippen molar-refractivity contribution in [2.24, 2.45) is 0 Å². The van der Waals surface area contributed by atoms with Crippen molar-refractivity contribution in [3.63, 3.8) is 0 Å². The van der Waals surface area contributed by atoms with Gasteiger partial charge in [-0.3, -0.25) is 14.9 Å². The molecule has 0 radical (unpaired) electrons. The molecule has 0 aromatic heterocycles. The monoisotopic (exact) mass is 407 g/mol. The van der Waals surface area contributed by atoms with Crippen molar-refractivity contribution in [1.29, 1.82) is 5.26 Å². The second-order valence-corrected chi connectivity index (χ2v) is 5.97. The van der Waals surface area contributed by atoms with Gasteiger partial charge in [0.1, 0.15) is 11.8 Å². The van der Waals surface area contributed by atoms with Crippen molar-refractivity contribution in [3.8, 4) is 29.4 Å². The Morgan fingerprint density at radius 2 is 1.97 bits per heavy atom. The van der Waals surface area contributed by atoms with Gasteiger partial charge in [-0.15, -0.1) is 0 Å². The van der Waals surface area contributed by atoms with Crippen molar-refractivity contribution < 1.29 is 24.7 Å². The van der Waals surface area contributed by atoms with Crippen LogP contribution in [0, 0.1) is 33.3 Å². The number of aromatic hydroxyl groups is 1. The molecule has 0 atom stereocenters. The Morgan fingerprint density at radius 3 is 2.53 bits per heavy atom. The summed E-state index contributed by atoms with van der Waals surface area (Å²) in [6.07, 6.45) is 0. The van der Waals surface area contributed by atoms with Gasteiger partial charge < -0.3 is 19.8 Å². The minimum Gasteiger partial charge on any atom is -0.506 e. The number of amides is 1. The molecule has 0 spiro atoms. The van der Waals surface area contributed by atoms with Gasteiger partial charge in [0.05, 0.1) is 18.6 Å². The lowest BCUT2D eigenvalue weighted by Gasteiger charge is -2.14. The van der Waals surface area contributed by atoms with E-state index in [4.69, 9.17) is 4.74 Å². The average molecular weight is 407 g/mol. The topological polar surface area (TPSA) is 137 Å². The third-order valence-electron chi connectivity index (χ3n) is 3.98. The number of benzene rings is 2. The molecule has 9 nitrogen and oxygen atoms in total. The van der Waals surface area contributed by atoms with E-state index in [1.807, 2.05) is 18.2 Å². The van der Waals surface area contributed by atoms with Crippen LogP contribution in [-0.2, 0) is 4.79 Å². The third-order valence-corrected chi connectivity index (χ3v) is 3.98. The quantitative estimate of drug-likeness (QED) is 0.194. The molecule has 0 saturated carbocycles. The molecule has 0 saturated heterocycles. The summed E-state index contributed by atoms with van der Waals surface area (Å²) >= 11 is 0. The molecule has 2 aromatic carbocycles. The molecular weight excluding hydrogens is 390 g/mol. The lowest BCUT2D eigenvalue weighted by molar-refractivity contribution is -0.386. The maximum atomic E-state index is 12.6. The fourth-order valence-electron chi connectivity index (χ4n) is 2.42. The van der Waals surface area contributed by atoms with E-state index in [0.717, 1.165) is 22.6 Å². The van der Waals surface area contributed by atoms with Gasteiger partial charge in [0.2, 0.25) is 5.75 Å². The maximum Gasteiger partial charge on any atom is 0.315 e. The lowest BCUT2D eigenvalue weighted by atomic mass is 10.1. The number of carbonyl (C=O) groups is 1. The van der Waals surface area contributed by atoms with Crippen LogP contribution in [0.4, 0.5) is 5.69 Å². The number of aliphatic hydroxyl groups is 1. The zero-order valence-corrected chi connectivity index (χ0v) is 16.1. The Labute approximate surface area is 172 Å². The fraction of sp³-hybridized carbons (Fsp3) is 0.143. The Morgan fingerprint density at radius 1 is 1.30 bits per heavy atom. The second-order valence-electron chi connectivity index (χ2n) is 5.97. The Balaban J connectivity index is 2.36. The molecule has 2 rings (SSSR count). The Kier molecular flexibility index (Phi) is 6.99.